The van der Waals surface area contributed by atoms with Crippen molar-refractivity contribution in [2.24, 2.45) is 15.9 Å². The number of benzene rings is 4. The van der Waals surface area contributed by atoms with Crippen LogP contribution in [0.2, 0.25) is 5.15 Å². The molecule has 4 aromatic carbocycles. The Hall–Kier alpha value is -9.57. The molecule has 0 fully saturated rings. The van der Waals surface area contributed by atoms with E-state index in [2.05, 4.69) is 43.1 Å². The van der Waals surface area contributed by atoms with Crippen molar-refractivity contribution in [3.05, 3.63) is 131 Å². The van der Waals surface area contributed by atoms with E-state index in [-0.39, 0.29) is 72.3 Å². The molecule has 6 amide bonds. The van der Waals surface area contributed by atoms with Gasteiger partial charge in [0.15, 0.2) is 23.0 Å². The highest BCUT2D eigenvalue weighted by Gasteiger charge is 2.36. The molecular formula is C61H64ClN11O11. The van der Waals surface area contributed by atoms with Crippen LogP contribution < -0.4 is 50.3 Å². The van der Waals surface area contributed by atoms with Gasteiger partial charge in [0.1, 0.15) is 28.8 Å². The molecule has 0 saturated heterocycles. The second-order valence-corrected chi connectivity index (χ2v) is 20.7. The van der Waals surface area contributed by atoms with Gasteiger partial charge in [0, 0.05) is 80.9 Å². The Morgan fingerprint density at radius 1 is 0.690 bits per heavy atom. The zero-order valence-electron chi connectivity index (χ0n) is 47.2. The van der Waals surface area contributed by atoms with Crippen LogP contribution >= 0.6 is 11.6 Å². The number of aliphatic imine (C=N–C) groups is 2. The predicted octanol–water partition coefficient (Wildman–Crippen LogP) is 8.55. The second kappa shape index (κ2) is 26.6. The molecule has 0 spiro atoms. The second-order valence-electron chi connectivity index (χ2n) is 20.4. The molecule has 0 bridgehead atoms. The molecule has 5 heterocycles. The highest BCUT2D eigenvalue weighted by molar-refractivity contribution is 6.29. The Balaban J connectivity index is 0.734. The van der Waals surface area contributed by atoms with Crippen LogP contribution in [0.15, 0.2) is 114 Å². The summed E-state index contributed by atoms with van der Waals surface area (Å²) in [4.78, 5) is 100. The summed E-state index contributed by atoms with van der Waals surface area (Å²) in [7, 11) is 4.65. The van der Waals surface area contributed by atoms with Crippen molar-refractivity contribution in [3.63, 3.8) is 0 Å². The summed E-state index contributed by atoms with van der Waals surface area (Å²) < 4.78 is 29.0. The molecule has 22 nitrogen and oxygen atoms in total. The van der Waals surface area contributed by atoms with Crippen LogP contribution in [0.4, 0.5) is 28.8 Å². The van der Waals surface area contributed by atoms with Crippen LogP contribution in [0.1, 0.15) is 84.7 Å². The van der Waals surface area contributed by atoms with Crippen LogP contribution in [0.5, 0.6) is 28.7 Å². The Morgan fingerprint density at radius 3 is 1.77 bits per heavy atom. The lowest BCUT2D eigenvalue weighted by molar-refractivity contribution is -0.131. The van der Waals surface area contributed by atoms with Crippen molar-refractivity contribution in [3.8, 4) is 28.7 Å². The lowest BCUT2D eigenvalue weighted by Crippen LogP contribution is -2.53. The van der Waals surface area contributed by atoms with Gasteiger partial charge in [0.2, 0.25) is 29.6 Å². The lowest BCUT2D eigenvalue weighted by atomic mass is 10.0. The molecule has 1 aromatic heterocycles. The fourth-order valence-electron chi connectivity index (χ4n) is 9.73. The summed E-state index contributed by atoms with van der Waals surface area (Å²) in [5.41, 5.74) is 5.91. The summed E-state index contributed by atoms with van der Waals surface area (Å²) in [6.45, 7) is 9.32. The third-order valence-corrected chi connectivity index (χ3v) is 14.4. The SMILES string of the molecule is C=CC(=O)Nc1cc(Cl)nc(NCCCC(=O)N[C@H](C(=O)N[C@@H](C)C(=O)Nc2ccc(C3=CN4C(=O)c5cc(OC)c(OCCCOc6cc7c(cc6OC)C(=O)N6C=C(c8ccc(OC)cc8)C[C@H]6C=N7)cc5N=CC4C3)cc2)C(C)C)n1. The number of nitrogens with zero attached hydrogens (tertiary/aromatic N) is 6. The minimum Gasteiger partial charge on any atom is -0.497 e. The van der Waals surface area contributed by atoms with Gasteiger partial charge >= 0.3 is 0 Å². The first-order valence-corrected chi connectivity index (χ1v) is 27.6. The number of ether oxygens (including phenoxy) is 5. The van der Waals surface area contributed by atoms with E-state index in [9.17, 15) is 28.8 Å². The molecule has 5 N–H and O–H groups in total. The number of rotatable bonds is 24. The van der Waals surface area contributed by atoms with Crippen LogP contribution in [0.25, 0.3) is 11.1 Å². The highest BCUT2D eigenvalue weighted by atomic mass is 35.5. The minimum absolute atomic E-state index is 0.0727. The molecule has 0 radical (unpaired) electrons. The first-order valence-electron chi connectivity index (χ1n) is 27.2. The van der Waals surface area contributed by atoms with Crippen LogP contribution in [-0.4, -0.2) is 133 Å². The van der Waals surface area contributed by atoms with Crippen molar-refractivity contribution in [2.45, 2.75) is 77.0 Å². The van der Waals surface area contributed by atoms with Crippen molar-refractivity contribution < 1.29 is 52.5 Å². The molecular weight excluding hydrogens is 1100 g/mol. The number of carbonyl (C=O) groups excluding carboxylic acids is 6. The molecule has 436 valence electrons. The minimum atomic E-state index is -0.946. The van der Waals surface area contributed by atoms with Crippen molar-refractivity contribution in [1.29, 1.82) is 0 Å². The van der Waals surface area contributed by atoms with E-state index >= 15 is 0 Å². The Labute approximate surface area is 490 Å². The number of methoxy groups -OCH3 is 3. The first-order chi connectivity index (χ1) is 40.5. The van der Waals surface area contributed by atoms with Gasteiger partial charge in [-0.2, -0.15) is 4.98 Å². The van der Waals surface area contributed by atoms with Crippen molar-refractivity contribution in [2.75, 3.05) is 57.0 Å². The summed E-state index contributed by atoms with van der Waals surface area (Å²) in [6, 6.07) is 20.5. The van der Waals surface area contributed by atoms with E-state index in [0.717, 1.165) is 34.1 Å². The normalized spacial score (nSPS) is 16.3. The Bertz CT molecular complexity index is 3490. The molecule has 1 unspecified atom stereocenters. The van der Waals surface area contributed by atoms with Crippen LogP contribution in [-0.2, 0) is 19.2 Å². The molecule has 23 heteroatoms. The summed E-state index contributed by atoms with van der Waals surface area (Å²) >= 11 is 6.05. The van der Waals surface area contributed by atoms with E-state index in [4.69, 9.17) is 45.3 Å². The standard InChI is InChI=1S/C61H64ClN11O11/c1-8-54(74)69-53-29-52(62)68-61(70-53)63-20-9-11-55(75)71-56(34(2)3)58(77)66-35(4)57(76)67-40-16-12-36(13-17-40)38-23-41-30-64-46-27-50(48(81-6)25-44(46)59(78)72(41)32-38)83-21-10-22-84-51-28-47-45(26-49(51)82-7)60(79)73-33-39(24-42(73)31-65-47)37-14-18-43(80-5)19-15-37/h8,12-19,25-35,41-42,56H,1,9-11,20-24H2,2-7H3,(H,66,77)(H,67,76)(H,71,75)(H2,63,68,69,70,74)/t35-,41?,42-,56-/m0/s1. The highest BCUT2D eigenvalue weighted by Crippen LogP contribution is 2.42. The zero-order chi connectivity index (χ0) is 59.6. The van der Waals surface area contributed by atoms with Gasteiger partial charge in [0.25, 0.3) is 11.8 Å². The average molecular weight is 1160 g/mol. The maximum Gasteiger partial charge on any atom is 0.260 e. The van der Waals surface area contributed by atoms with Gasteiger partial charge in [-0.15, -0.1) is 0 Å². The molecule has 9 rings (SSSR count). The number of halogens is 1. The van der Waals surface area contributed by atoms with Gasteiger partial charge in [0.05, 0.1) is 69.1 Å². The van der Waals surface area contributed by atoms with Crippen molar-refractivity contribution in [1.82, 2.24) is 30.4 Å². The fourth-order valence-corrected chi connectivity index (χ4v) is 9.91. The molecule has 4 aliphatic rings. The van der Waals surface area contributed by atoms with E-state index in [1.54, 1.807) is 92.7 Å². The molecule has 4 atom stereocenters. The van der Waals surface area contributed by atoms with E-state index in [1.165, 1.54) is 20.3 Å². The average Bonchev–Trinajstić information content (AvgIpc) is 3.99. The molecule has 4 aliphatic heterocycles. The van der Waals surface area contributed by atoms with Gasteiger partial charge in [-0.3, -0.25) is 38.8 Å². The summed E-state index contributed by atoms with van der Waals surface area (Å²) in [6.07, 6.45) is 10.3. The van der Waals surface area contributed by atoms with Gasteiger partial charge in [-0.25, -0.2) is 4.98 Å². The Kier molecular flexibility index (Phi) is 18.7. The number of carbonyl (C=O) groups is 6. The quantitative estimate of drug-likeness (QED) is 0.0220. The smallest absolute Gasteiger partial charge is 0.260 e. The molecule has 0 aliphatic carbocycles. The number of fused-ring (bicyclic) bond motifs is 4. The number of nitrogens with one attached hydrogen (secondary N) is 5. The van der Waals surface area contributed by atoms with E-state index in [0.29, 0.717) is 83.4 Å². The van der Waals surface area contributed by atoms with Gasteiger partial charge in [-0.1, -0.05) is 56.3 Å². The lowest BCUT2D eigenvalue weighted by Gasteiger charge is -2.24. The maximum atomic E-state index is 14.1. The summed E-state index contributed by atoms with van der Waals surface area (Å²) in [5, 5.41) is 13.9. The number of hydrogen-bond donors (Lipinski definition) is 5. The number of aromatic nitrogens is 2. The molecule has 0 saturated carbocycles. The summed E-state index contributed by atoms with van der Waals surface area (Å²) in [5.74, 6) is 0.146. The number of amides is 6. The fraction of sp³-hybridized carbons (Fsp3) is 0.311. The topological polar surface area (TPSA) is 266 Å². The van der Waals surface area contributed by atoms with Crippen LogP contribution in [0.3, 0.4) is 0 Å². The van der Waals surface area contributed by atoms with Gasteiger partial charge in [-0.05, 0) is 84.0 Å². The number of hydrogen-bond acceptors (Lipinski definition) is 16. The predicted molar refractivity (Wildman–Crippen MR) is 319 cm³/mol. The monoisotopic (exact) mass is 1160 g/mol. The molecule has 84 heavy (non-hydrogen) atoms. The van der Waals surface area contributed by atoms with E-state index < -0.39 is 29.8 Å². The largest absolute Gasteiger partial charge is 0.497 e. The van der Waals surface area contributed by atoms with Crippen molar-refractivity contribution >= 4 is 99.4 Å². The Morgan fingerprint density at radius 2 is 1.25 bits per heavy atom. The molecule has 5 aromatic rings. The third-order valence-electron chi connectivity index (χ3n) is 14.2. The maximum absolute atomic E-state index is 14.1. The van der Waals surface area contributed by atoms with Gasteiger partial charge < -0.3 is 60.1 Å². The first kappa shape index (κ1) is 59.1. The number of anilines is 3. The zero-order valence-corrected chi connectivity index (χ0v) is 48.0. The van der Waals surface area contributed by atoms with Crippen LogP contribution in [0, 0.1) is 5.92 Å². The third kappa shape index (κ3) is 13.8. The van der Waals surface area contributed by atoms with E-state index in [1.807, 2.05) is 42.6 Å².